The van der Waals surface area contributed by atoms with Crippen LogP contribution in [0.2, 0.25) is 0 Å². The number of aromatic carboxylic acids is 1. The Labute approximate surface area is 292 Å². The molecule has 1 amide bonds. The molecule has 4 aromatic heterocycles. The number of anilines is 1. The van der Waals surface area contributed by atoms with E-state index >= 15 is 0 Å². The standard InChI is InChI=1S/C39H38N6O4S/c1-22-26(14-40-45(22)21-38-16-36(2)15-37(3,17-38)19-39(49,18-36)20-38)24-11-12-27(41-32(24)34(47)48)29-13-23-7-6-8-25(31(23)42-29)33(46)44-35-43-28-9-4-5-10-30(28)50-35/h4-14,42,49H,15-21H2,1-3H3,(H,47,48)(H,43,44,46). The third-order valence-electron chi connectivity index (χ3n) is 11.3. The minimum atomic E-state index is -1.13. The number of aliphatic hydroxyl groups is 1. The van der Waals surface area contributed by atoms with E-state index in [1.807, 2.05) is 54.1 Å². The highest BCUT2D eigenvalue weighted by atomic mass is 32.1. The third kappa shape index (κ3) is 5.05. The van der Waals surface area contributed by atoms with Crippen molar-refractivity contribution in [3.05, 3.63) is 83.8 Å². The monoisotopic (exact) mass is 686 g/mol. The first-order valence-electron chi connectivity index (χ1n) is 17.1. The Morgan fingerprint density at radius 1 is 0.940 bits per heavy atom. The molecule has 4 aliphatic carbocycles. The van der Waals surface area contributed by atoms with Gasteiger partial charge in [0.25, 0.3) is 5.91 Å². The molecule has 0 spiro atoms. The zero-order chi connectivity index (χ0) is 34.6. The Kier molecular flexibility index (Phi) is 6.58. The van der Waals surface area contributed by atoms with Gasteiger partial charge in [0.1, 0.15) is 0 Å². The lowest BCUT2D eigenvalue weighted by molar-refractivity contribution is -0.229. The largest absolute Gasteiger partial charge is 0.476 e. The van der Waals surface area contributed by atoms with Gasteiger partial charge < -0.3 is 15.2 Å². The maximum atomic E-state index is 13.4. The molecule has 4 bridgehead atoms. The minimum Gasteiger partial charge on any atom is -0.476 e. The number of nitrogens with one attached hydrogen (secondary N) is 2. The zero-order valence-electron chi connectivity index (χ0n) is 28.2. The molecule has 50 heavy (non-hydrogen) atoms. The van der Waals surface area contributed by atoms with Gasteiger partial charge in [-0.25, -0.2) is 14.8 Å². The lowest BCUT2D eigenvalue weighted by atomic mass is 9.39. The first-order chi connectivity index (χ1) is 23.8. The third-order valence-corrected chi connectivity index (χ3v) is 12.3. The van der Waals surface area contributed by atoms with Crippen LogP contribution in [0.15, 0.2) is 66.9 Å². The Balaban J connectivity index is 1.01. The maximum Gasteiger partial charge on any atom is 0.355 e. The summed E-state index contributed by atoms with van der Waals surface area (Å²) in [5.74, 6) is -1.43. The number of H-pyrrole nitrogens is 1. The fraction of sp³-hybridized carbons (Fsp3) is 0.359. The maximum absolute atomic E-state index is 13.4. The molecule has 4 saturated carbocycles. The molecule has 0 aliphatic heterocycles. The van der Waals surface area contributed by atoms with Crippen LogP contribution in [0, 0.1) is 23.2 Å². The smallest absolute Gasteiger partial charge is 0.355 e. The second-order valence-electron chi connectivity index (χ2n) is 16.0. The normalized spacial score (nSPS) is 27.0. The van der Waals surface area contributed by atoms with Gasteiger partial charge in [-0.3, -0.25) is 14.8 Å². The van der Waals surface area contributed by atoms with E-state index in [9.17, 15) is 19.8 Å². The average molecular weight is 687 g/mol. The van der Waals surface area contributed by atoms with E-state index in [1.165, 1.54) is 11.3 Å². The summed E-state index contributed by atoms with van der Waals surface area (Å²) >= 11 is 1.41. The number of amides is 1. The number of rotatable bonds is 7. The van der Waals surface area contributed by atoms with Gasteiger partial charge in [-0.15, -0.1) is 0 Å². The molecule has 10 nitrogen and oxygen atoms in total. The summed E-state index contributed by atoms with van der Waals surface area (Å²) in [5.41, 5.74) is 4.58. The minimum absolute atomic E-state index is 0.0431. The van der Waals surface area contributed by atoms with Gasteiger partial charge in [0.2, 0.25) is 0 Å². The molecule has 6 aromatic rings. The lowest BCUT2D eigenvalue weighted by Crippen LogP contribution is -2.63. The fourth-order valence-corrected chi connectivity index (χ4v) is 11.7. The molecule has 4 heterocycles. The number of hydrogen-bond acceptors (Lipinski definition) is 7. The highest BCUT2D eigenvalue weighted by molar-refractivity contribution is 7.22. The van der Waals surface area contributed by atoms with Crippen LogP contribution in [0.25, 0.3) is 43.6 Å². The SMILES string of the molecule is Cc1c(-c2ccc(-c3cc4cccc(C(=O)Nc5nc6ccccc6s5)c4[nH]3)nc2C(=O)O)cnn1CC12CC3(C)CC(C)(CC(O)(C3)C1)C2. The van der Waals surface area contributed by atoms with E-state index in [2.05, 4.69) is 34.1 Å². The molecule has 2 unspecified atom stereocenters. The molecule has 0 radical (unpaired) electrons. The lowest BCUT2D eigenvalue weighted by Gasteiger charge is -2.68. The number of carbonyl (C=O) groups excluding carboxylic acids is 1. The number of carboxylic acids is 1. The molecule has 10 rings (SSSR count). The van der Waals surface area contributed by atoms with E-state index < -0.39 is 11.6 Å². The van der Waals surface area contributed by atoms with Crippen LogP contribution in [0.3, 0.4) is 0 Å². The van der Waals surface area contributed by atoms with Crippen molar-refractivity contribution in [2.24, 2.45) is 16.2 Å². The van der Waals surface area contributed by atoms with Gasteiger partial charge in [0, 0.05) is 28.8 Å². The van der Waals surface area contributed by atoms with Crippen molar-refractivity contribution in [2.75, 3.05) is 5.32 Å². The highest BCUT2D eigenvalue weighted by Gasteiger charge is 2.65. The number of benzene rings is 2. The molecule has 0 saturated heterocycles. The predicted molar refractivity (Wildman–Crippen MR) is 193 cm³/mol. The summed E-state index contributed by atoms with van der Waals surface area (Å²) in [6.45, 7) is 7.36. The van der Waals surface area contributed by atoms with Crippen LogP contribution < -0.4 is 5.32 Å². The van der Waals surface area contributed by atoms with Gasteiger partial charge in [0.05, 0.1) is 44.5 Å². The molecule has 11 heteroatoms. The van der Waals surface area contributed by atoms with Gasteiger partial charge >= 0.3 is 5.97 Å². The first kappa shape index (κ1) is 31.1. The summed E-state index contributed by atoms with van der Waals surface area (Å²) in [6.07, 6.45) is 7.56. The quantitative estimate of drug-likeness (QED) is 0.133. The predicted octanol–water partition coefficient (Wildman–Crippen LogP) is 8.07. The summed E-state index contributed by atoms with van der Waals surface area (Å²) < 4.78 is 3.00. The van der Waals surface area contributed by atoms with Crippen LogP contribution in [-0.2, 0) is 6.54 Å². The van der Waals surface area contributed by atoms with Crippen molar-refractivity contribution in [1.29, 1.82) is 0 Å². The summed E-state index contributed by atoms with van der Waals surface area (Å²) in [5, 5.41) is 31.0. The molecule has 4 aliphatic rings. The zero-order valence-corrected chi connectivity index (χ0v) is 29.0. The van der Waals surface area contributed by atoms with Crippen molar-refractivity contribution in [3.63, 3.8) is 0 Å². The molecule has 2 atom stereocenters. The van der Waals surface area contributed by atoms with E-state index in [0.29, 0.717) is 39.7 Å². The van der Waals surface area contributed by atoms with E-state index in [1.54, 1.807) is 24.4 Å². The number of fused-ring (bicyclic) bond motifs is 2. The van der Waals surface area contributed by atoms with Crippen LogP contribution >= 0.6 is 11.3 Å². The van der Waals surface area contributed by atoms with Crippen molar-refractivity contribution < 1.29 is 19.8 Å². The number of para-hydroxylation sites is 2. The van der Waals surface area contributed by atoms with Crippen molar-refractivity contribution in [2.45, 2.75) is 71.4 Å². The van der Waals surface area contributed by atoms with Crippen molar-refractivity contribution in [3.8, 4) is 22.5 Å². The van der Waals surface area contributed by atoms with Crippen LogP contribution in [0.4, 0.5) is 5.13 Å². The number of carboxylic acid groups (broad SMARTS) is 1. The molecule has 4 N–H and O–H groups in total. The van der Waals surface area contributed by atoms with Gasteiger partial charge in [-0.1, -0.05) is 49.4 Å². The van der Waals surface area contributed by atoms with Crippen molar-refractivity contribution >= 4 is 49.5 Å². The van der Waals surface area contributed by atoms with E-state index in [0.717, 1.165) is 65.4 Å². The van der Waals surface area contributed by atoms with Gasteiger partial charge in [-0.05, 0) is 98.1 Å². The molecule has 254 valence electrons. The van der Waals surface area contributed by atoms with E-state index in [4.69, 9.17) is 5.10 Å². The molecule has 2 aromatic carbocycles. The van der Waals surface area contributed by atoms with Gasteiger partial charge in [0.15, 0.2) is 10.8 Å². The fourth-order valence-electron chi connectivity index (χ4n) is 10.8. The molecule has 4 fully saturated rings. The number of carbonyl (C=O) groups is 2. The highest BCUT2D eigenvalue weighted by Crippen LogP contribution is 2.71. The Bertz CT molecular complexity index is 2300. The van der Waals surface area contributed by atoms with Gasteiger partial charge in [-0.2, -0.15) is 5.10 Å². The molecular formula is C39H38N6O4S. The Hall–Kier alpha value is -4.87. The summed E-state index contributed by atoms with van der Waals surface area (Å²) in [6, 6.07) is 18.7. The Morgan fingerprint density at radius 2 is 1.72 bits per heavy atom. The first-order valence-corrected chi connectivity index (χ1v) is 17.9. The topological polar surface area (TPSA) is 146 Å². The number of aromatic nitrogens is 5. The number of nitrogens with zero attached hydrogens (tertiary/aromatic N) is 4. The van der Waals surface area contributed by atoms with Crippen molar-refractivity contribution in [1.82, 2.24) is 24.7 Å². The number of thiazole rings is 1. The number of aromatic amines is 1. The van der Waals surface area contributed by atoms with E-state index in [-0.39, 0.29) is 27.8 Å². The second kappa shape index (κ2) is 10.6. The average Bonchev–Trinajstić information content (AvgIpc) is 3.74. The van der Waals surface area contributed by atoms with Crippen LogP contribution in [0.5, 0.6) is 0 Å². The summed E-state index contributed by atoms with van der Waals surface area (Å²) in [4.78, 5) is 38.6. The number of hydrogen-bond donors (Lipinski definition) is 4. The second-order valence-corrected chi connectivity index (χ2v) is 17.0. The summed E-state index contributed by atoms with van der Waals surface area (Å²) in [7, 11) is 0. The van der Waals surface area contributed by atoms with Crippen LogP contribution in [-0.4, -0.2) is 52.4 Å². The molecular weight excluding hydrogens is 649 g/mol. The number of pyridine rings is 1. The van der Waals surface area contributed by atoms with Crippen LogP contribution in [0.1, 0.15) is 78.9 Å². The Morgan fingerprint density at radius 3 is 2.46 bits per heavy atom.